The van der Waals surface area contributed by atoms with Crippen LogP contribution in [-0.4, -0.2) is 15.9 Å². The number of benzene rings is 1. The molecule has 0 aliphatic rings. The zero-order valence-corrected chi connectivity index (χ0v) is 12.5. The van der Waals surface area contributed by atoms with Crippen molar-refractivity contribution in [2.24, 2.45) is 0 Å². The molecule has 0 saturated carbocycles. The fourth-order valence-corrected chi connectivity index (χ4v) is 2.79. The lowest BCUT2D eigenvalue weighted by Crippen LogP contribution is -2.26. The summed E-state index contributed by atoms with van der Waals surface area (Å²) < 4.78 is 13.0. The van der Waals surface area contributed by atoms with Gasteiger partial charge in [-0.25, -0.2) is 9.97 Å². The lowest BCUT2D eigenvalue weighted by atomic mass is 10.2. The number of aromatic nitrogens is 2. The molecule has 0 aliphatic carbocycles. The molecule has 3 aromatic rings. The van der Waals surface area contributed by atoms with E-state index >= 15 is 0 Å². The van der Waals surface area contributed by atoms with E-state index in [0.717, 1.165) is 5.69 Å². The van der Waals surface area contributed by atoms with Crippen LogP contribution in [0.15, 0.2) is 54.0 Å². The molecule has 0 unspecified atom stereocenters. The molecule has 2 aromatic heterocycles. The first-order valence-corrected chi connectivity index (χ1v) is 7.46. The van der Waals surface area contributed by atoms with Gasteiger partial charge in [-0.15, -0.1) is 11.3 Å². The smallest absolute Gasteiger partial charge is 0.266 e. The quantitative estimate of drug-likeness (QED) is 0.687. The number of para-hydroxylation sites is 1. The summed E-state index contributed by atoms with van der Waals surface area (Å²) in [6, 6.07) is 11.8. The summed E-state index contributed by atoms with van der Waals surface area (Å²) >= 11 is 1.38. The monoisotopic (exact) mass is 313 g/mol. The molecule has 0 saturated heterocycles. The zero-order chi connectivity index (χ0) is 15.5. The molecule has 1 amide bonds. The van der Waals surface area contributed by atoms with Gasteiger partial charge in [-0.3, -0.25) is 9.69 Å². The van der Waals surface area contributed by atoms with Crippen molar-refractivity contribution >= 4 is 28.1 Å². The largest absolute Gasteiger partial charge is 0.268 e. The van der Waals surface area contributed by atoms with Gasteiger partial charge in [0.15, 0.2) is 5.13 Å². The summed E-state index contributed by atoms with van der Waals surface area (Å²) in [7, 11) is 0. The normalized spacial score (nSPS) is 10.5. The number of pyridine rings is 1. The van der Waals surface area contributed by atoms with Gasteiger partial charge in [-0.1, -0.05) is 18.2 Å². The van der Waals surface area contributed by atoms with Gasteiger partial charge in [0.2, 0.25) is 5.95 Å². The first kappa shape index (κ1) is 14.3. The van der Waals surface area contributed by atoms with Crippen LogP contribution in [-0.2, 0) is 0 Å². The predicted octanol–water partition coefficient (Wildman–Crippen LogP) is 3.96. The Kier molecular flexibility index (Phi) is 3.93. The Labute approximate surface area is 130 Å². The lowest BCUT2D eigenvalue weighted by Gasteiger charge is -2.19. The van der Waals surface area contributed by atoms with E-state index in [9.17, 15) is 9.18 Å². The third-order valence-corrected chi connectivity index (χ3v) is 3.93. The molecule has 110 valence electrons. The van der Waals surface area contributed by atoms with Crippen LogP contribution in [0, 0.1) is 12.9 Å². The minimum absolute atomic E-state index is 0.298. The number of rotatable bonds is 3. The van der Waals surface area contributed by atoms with E-state index in [0.29, 0.717) is 16.4 Å². The minimum Gasteiger partial charge on any atom is -0.268 e. The third kappa shape index (κ3) is 2.87. The molecule has 2 heterocycles. The number of aryl methyl sites for hydroxylation is 1. The Balaban J connectivity index is 2.05. The maximum absolute atomic E-state index is 13.0. The van der Waals surface area contributed by atoms with Crippen LogP contribution in [0.4, 0.5) is 15.2 Å². The number of carbonyl (C=O) groups is 1. The van der Waals surface area contributed by atoms with Gasteiger partial charge in [-0.2, -0.15) is 4.39 Å². The van der Waals surface area contributed by atoms with Crippen molar-refractivity contribution in [1.82, 2.24) is 9.97 Å². The summed E-state index contributed by atoms with van der Waals surface area (Å²) in [6.45, 7) is 1.87. The van der Waals surface area contributed by atoms with Crippen molar-refractivity contribution in [2.75, 3.05) is 4.90 Å². The second-order valence-electron chi connectivity index (χ2n) is 4.62. The summed E-state index contributed by atoms with van der Waals surface area (Å²) in [5.74, 6) is -0.916. The second kappa shape index (κ2) is 6.03. The van der Waals surface area contributed by atoms with Gasteiger partial charge >= 0.3 is 0 Å². The molecule has 3 rings (SSSR count). The Morgan fingerprint density at radius 3 is 2.55 bits per heavy atom. The molecular formula is C16H12FN3OS. The van der Waals surface area contributed by atoms with E-state index in [-0.39, 0.29) is 5.91 Å². The summed E-state index contributed by atoms with van der Waals surface area (Å²) in [6.07, 6.45) is 1.23. The van der Waals surface area contributed by atoms with Crippen LogP contribution in [0.3, 0.4) is 0 Å². The summed E-state index contributed by atoms with van der Waals surface area (Å²) in [4.78, 5) is 22.2. The van der Waals surface area contributed by atoms with Gasteiger partial charge in [0.05, 0.1) is 16.9 Å². The van der Waals surface area contributed by atoms with E-state index in [4.69, 9.17) is 0 Å². The number of anilines is 2. The van der Waals surface area contributed by atoms with Crippen molar-refractivity contribution in [2.45, 2.75) is 6.92 Å². The highest BCUT2D eigenvalue weighted by Gasteiger charge is 2.22. The number of carbonyl (C=O) groups excluding carboxylic acids is 1. The van der Waals surface area contributed by atoms with Crippen LogP contribution in [0.25, 0.3) is 0 Å². The Bertz CT molecular complexity index is 787. The number of amides is 1. The predicted molar refractivity (Wildman–Crippen MR) is 84.0 cm³/mol. The molecule has 0 aliphatic heterocycles. The summed E-state index contributed by atoms with van der Waals surface area (Å²) in [5.41, 5.74) is 1.84. The molecule has 4 nitrogen and oxygen atoms in total. The van der Waals surface area contributed by atoms with Crippen molar-refractivity contribution in [3.63, 3.8) is 0 Å². The highest BCUT2D eigenvalue weighted by molar-refractivity contribution is 7.14. The van der Waals surface area contributed by atoms with Crippen molar-refractivity contribution in [1.29, 1.82) is 0 Å². The molecule has 22 heavy (non-hydrogen) atoms. The first-order chi connectivity index (χ1) is 10.6. The van der Waals surface area contributed by atoms with E-state index in [1.54, 1.807) is 0 Å². The van der Waals surface area contributed by atoms with Crippen molar-refractivity contribution in [3.8, 4) is 0 Å². The van der Waals surface area contributed by atoms with E-state index in [1.807, 2.05) is 42.6 Å². The Morgan fingerprint density at radius 2 is 1.95 bits per heavy atom. The maximum Gasteiger partial charge on any atom is 0.266 e. The zero-order valence-electron chi connectivity index (χ0n) is 11.7. The molecule has 0 atom stereocenters. The standard InChI is InChI=1S/C16H12FN3OS/c1-11-10-22-16(19-11)20(13-5-3-2-4-6-13)15(21)12-7-8-14(17)18-9-12/h2-10H,1H3. The van der Waals surface area contributed by atoms with Gasteiger partial charge in [0.25, 0.3) is 5.91 Å². The first-order valence-electron chi connectivity index (χ1n) is 6.58. The molecule has 6 heteroatoms. The highest BCUT2D eigenvalue weighted by Crippen LogP contribution is 2.30. The molecular weight excluding hydrogens is 301 g/mol. The van der Waals surface area contributed by atoms with Crippen LogP contribution in [0.1, 0.15) is 16.1 Å². The second-order valence-corrected chi connectivity index (χ2v) is 5.45. The van der Waals surface area contributed by atoms with Crippen molar-refractivity contribution < 1.29 is 9.18 Å². The van der Waals surface area contributed by atoms with E-state index in [2.05, 4.69) is 9.97 Å². The number of thiazole rings is 1. The number of hydrogen-bond acceptors (Lipinski definition) is 4. The topological polar surface area (TPSA) is 46.1 Å². The SMILES string of the molecule is Cc1csc(N(C(=O)c2ccc(F)nc2)c2ccccc2)n1. The minimum atomic E-state index is -0.618. The van der Waals surface area contributed by atoms with Crippen LogP contribution >= 0.6 is 11.3 Å². The number of hydrogen-bond donors (Lipinski definition) is 0. The molecule has 1 aromatic carbocycles. The Hall–Kier alpha value is -2.60. The van der Waals surface area contributed by atoms with Crippen LogP contribution in [0.5, 0.6) is 0 Å². The lowest BCUT2D eigenvalue weighted by molar-refractivity contribution is 0.0999. The van der Waals surface area contributed by atoms with E-state index < -0.39 is 5.95 Å². The van der Waals surface area contributed by atoms with Crippen molar-refractivity contribution in [3.05, 3.63) is 71.2 Å². The van der Waals surface area contributed by atoms with Crippen LogP contribution in [0.2, 0.25) is 0 Å². The molecule has 0 radical (unpaired) electrons. The van der Waals surface area contributed by atoms with Gasteiger partial charge in [0, 0.05) is 11.6 Å². The molecule has 0 bridgehead atoms. The fraction of sp³-hybridized carbons (Fsp3) is 0.0625. The molecule has 0 fully saturated rings. The fourth-order valence-electron chi connectivity index (χ4n) is 1.97. The summed E-state index contributed by atoms with van der Waals surface area (Å²) in [5, 5.41) is 2.44. The maximum atomic E-state index is 13.0. The highest BCUT2D eigenvalue weighted by atomic mass is 32.1. The average molecular weight is 313 g/mol. The van der Waals surface area contributed by atoms with Gasteiger partial charge < -0.3 is 0 Å². The number of halogens is 1. The number of nitrogens with zero attached hydrogens (tertiary/aromatic N) is 3. The van der Waals surface area contributed by atoms with E-state index in [1.165, 1.54) is 34.6 Å². The molecule has 0 spiro atoms. The van der Waals surface area contributed by atoms with Gasteiger partial charge in [-0.05, 0) is 31.2 Å². The Morgan fingerprint density at radius 1 is 1.18 bits per heavy atom. The third-order valence-electron chi connectivity index (χ3n) is 2.99. The average Bonchev–Trinajstić information content (AvgIpc) is 2.95. The molecule has 0 N–H and O–H groups in total. The van der Waals surface area contributed by atoms with Gasteiger partial charge in [0.1, 0.15) is 0 Å². The van der Waals surface area contributed by atoms with Crippen LogP contribution < -0.4 is 4.90 Å².